The van der Waals surface area contributed by atoms with E-state index in [0.29, 0.717) is 16.0 Å². The summed E-state index contributed by atoms with van der Waals surface area (Å²) >= 11 is 18.1. The van der Waals surface area contributed by atoms with Crippen molar-refractivity contribution in [2.24, 2.45) is 11.8 Å². The Labute approximate surface area is 221 Å². The van der Waals surface area contributed by atoms with Crippen LogP contribution in [0.15, 0.2) is 46.9 Å². The zero-order valence-electron chi connectivity index (χ0n) is 18.6. The van der Waals surface area contributed by atoms with Crippen LogP contribution in [0.25, 0.3) is 27.6 Å². The molecular weight excluding hydrogens is 551 g/mol. The maximum absolute atomic E-state index is 6.65. The molecule has 174 valence electrons. The molecule has 0 radical (unpaired) electrons. The third kappa shape index (κ3) is 3.93. The molecule has 0 spiro atoms. The first kappa shape index (κ1) is 22.7. The lowest BCUT2D eigenvalue weighted by Gasteiger charge is -2.18. The highest BCUT2D eigenvalue weighted by atomic mass is 79.9. The van der Waals surface area contributed by atoms with Gasteiger partial charge in [0.15, 0.2) is 5.01 Å². The molecule has 2 aliphatic carbocycles. The van der Waals surface area contributed by atoms with Crippen LogP contribution in [0.5, 0.6) is 0 Å². The van der Waals surface area contributed by atoms with Crippen molar-refractivity contribution in [3.05, 3.63) is 67.6 Å². The minimum absolute atomic E-state index is 0.558. The molecule has 2 aromatic carbocycles. The Morgan fingerprint density at radius 1 is 1.06 bits per heavy atom. The van der Waals surface area contributed by atoms with E-state index in [-0.39, 0.29) is 0 Å². The Kier molecular flexibility index (Phi) is 6.05. The van der Waals surface area contributed by atoms with Crippen LogP contribution in [0.1, 0.15) is 49.1 Å². The zero-order valence-corrected chi connectivity index (χ0v) is 22.6. The average molecular weight is 574 g/mol. The van der Waals surface area contributed by atoms with Gasteiger partial charge >= 0.3 is 0 Å². The average Bonchev–Trinajstić information content (AvgIpc) is 3.61. The molecule has 2 bridgehead atoms. The van der Waals surface area contributed by atoms with Crippen molar-refractivity contribution >= 4 is 50.5 Å². The first-order chi connectivity index (χ1) is 16.5. The maximum atomic E-state index is 6.65. The third-order valence-electron chi connectivity index (χ3n) is 7.29. The van der Waals surface area contributed by atoms with Crippen molar-refractivity contribution in [1.29, 1.82) is 0 Å². The third-order valence-corrected chi connectivity index (χ3v) is 9.42. The molecule has 4 aromatic rings. The second kappa shape index (κ2) is 9.05. The topological polar surface area (TPSA) is 43.6 Å². The van der Waals surface area contributed by atoms with E-state index in [4.69, 9.17) is 28.3 Å². The largest absolute Gasteiger partial charge is 0.231 e. The molecule has 2 heterocycles. The fourth-order valence-corrected chi connectivity index (χ4v) is 7.53. The van der Waals surface area contributed by atoms with Gasteiger partial charge in [0.25, 0.3) is 0 Å². The normalized spacial score (nSPS) is 21.5. The second-order valence-electron chi connectivity index (χ2n) is 9.27. The Morgan fingerprint density at radius 3 is 2.56 bits per heavy atom. The molecular formula is C26H23BrCl2N4S. The van der Waals surface area contributed by atoms with Crippen LogP contribution < -0.4 is 0 Å². The van der Waals surface area contributed by atoms with Crippen molar-refractivity contribution in [2.75, 3.05) is 0 Å². The van der Waals surface area contributed by atoms with E-state index in [1.54, 1.807) is 17.4 Å². The van der Waals surface area contributed by atoms with Crippen LogP contribution in [0.4, 0.5) is 0 Å². The van der Waals surface area contributed by atoms with Gasteiger partial charge in [0.1, 0.15) is 10.7 Å². The summed E-state index contributed by atoms with van der Waals surface area (Å²) in [4.78, 5) is 0. The van der Waals surface area contributed by atoms with Crippen molar-refractivity contribution < 1.29 is 0 Å². The lowest BCUT2D eigenvalue weighted by molar-refractivity contribution is 0.417. The fraction of sp³-hybridized carbons (Fsp3) is 0.346. The van der Waals surface area contributed by atoms with E-state index in [1.807, 2.05) is 28.9 Å². The van der Waals surface area contributed by atoms with Crippen molar-refractivity contribution in [1.82, 2.24) is 20.0 Å². The second-order valence-corrected chi connectivity index (χ2v) is 12.0. The van der Waals surface area contributed by atoms with Crippen molar-refractivity contribution in [3.63, 3.8) is 0 Å². The highest BCUT2D eigenvalue weighted by Crippen LogP contribution is 2.53. The molecule has 0 aliphatic heterocycles. The number of halogens is 3. The Balaban J connectivity index is 1.50. The van der Waals surface area contributed by atoms with Gasteiger partial charge in [-0.05, 0) is 67.9 Å². The molecule has 0 amide bonds. The first-order valence-corrected chi connectivity index (χ1v) is 14.1. The van der Waals surface area contributed by atoms with Crippen LogP contribution in [-0.2, 0) is 6.42 Å². The van der Waals surface area contributed by atoms with Gasteiger partial charge in [0, 0.05) is 26.5 Å². The molecule has 6 rings (SSSR count). The minimum Gasteiger partial charge on any atom is -0.231 e. The summed E-state index contributed by atoms with van der Waals surface area (Å²) in [5, 5.41) is 17.6. The van der Waals surface area contributed by atoms with Crippen LogP contribution >= 0.6 is 50.5 Å². The van der Waals surface area contributed by atoms with Gasteiger partial charge in [-0.1, -0.05) is 75.9 Å². The molecule has 2 aromatic heterocycles. The summed E-state index contributed by atoms with van der Waals surface area (Å²) in [6.07, 6.45) is 6.16. The number of nitrogens with zero attached hydrogens (tertiary/aromatic N) is 4. The summed E-state index contributed by atoms with van der Waals surface area (Å²) in [5.74, 6) is 2.22. The van der Waals surface area contributed by atoms with Gasteiger partial charge < -0.3 is 0 Å². The Hall–Kier alpha value is -1.73. The van der Waals surface area contributed by atoms with E-state index < -0.39 is 0 Å². The van der Waals surface area contributed by atoms with E-state index >= 15 is 0 Å². The molecule has 4 nitrogen and oxygen atoms in total. The van der Waals surface area contributed by atoms with Gasteiger partial charge in [0.2, 0.25) is 0 Å². The maximum Gasteiger partial charge on any atom is 0.168 e. The summed E-state index contributed by atoms with van der Waals surface area (Å²) in [5.41, 5.74) is 4.92. The zero-order chi connectivity index (χ0) is 23.4. The van der Waals surface area contributed by atoms with Gasteiger partial charge in [-0.15, -0.1) is 10.2 Å². The molecule has 3 atom stereocenters. The highest BCUT2D eigenvalue weighted by molar-refractivity contribution is 9.10. The standard InChI is InChI=1S/C26H23BrCl2N4S/c1-2-19-23(26-31-30-25(34-26)20-12-14-3-4-16(20)11-14)32-33(22-10-9-18(28)13-21(22)29)24(19)15-5-7-17(27)8-6-15/h5-10,13-14,16,20H,2-4,11-12H2,1H3. The Bertz CT molecular complexity index is 1360. The SMILES string of the molecule is CCc1c(-c2nnc(C3CC4CCC3C4)s2)nn(-c2ccc(Cl)cc2Cl)c1-c1ccc(Br)cc1. The number of benzene rings is 2. The van der Waals surface area contributed by atoms with Gasteiger partial charge in [0.05, 0.1) is 16.4 Å². The number of hydrogen-bond donors (Lipinski definition) is 0. The molecule has 2 saturated carbocycles. The van der Waals surface area contributed by atoms with Crippen molar-refractivity contribution in [2.45, 2.75) is 44.9 Å². The van der Waals surface area contributed by atoms with E-state index in [9.17, 15) is 0 Å². The number of rotatable bonds is 5. The molecule has 2 fully saturated rings. The molecule has 34 heavy (non-hydrogen) atoms. The lowest BCUT2D eigenvalue weighted by Crippen LogP contribution is -2.07. The smallest absolute Gasteiger partial charge is 0.168 e. The number of aromatic nitrogens is 4. The first-order valence-electron chi connectivity index (χ1n) is 11.7. The van der Waals surface area contributed by atoms with Gasteiger partial charge in [-0.3, -0.25) is 0 Å². The van der Waals surface area contributed by atoms with Gasteiger partial charge in [-0.25, -0.2) is 4.68 Å². The predicted molar refractivity (Wildman–Crippen MR) is 143 cm³/mol. The van der Waals surface area contributed by atoms with E-state index in [1.165, 1.54) is 30.7 Å². The van der Waals surface area contributed by atoms with Crippen LogP contribution in [0, 0.1) is 11.8 Å². The summed E-state index contributed by atoms with van der Waals surface area (Å²) in [7, 11) is 0. The Morgan fingerprint density at radius 2 is 1.88 bits per heavy atom. The quantitative estimate of drug-likeness (QED) is 0.240. The van der Waals surface area contributed by atoms with E-state index in [2.05, 4.69) is 45.2 Å². The molecule has 3 unspecified atom stereocenters. The predicted octanol–water partition coefficient (Wildman–Crippen LogP) is 8.59. The van der Waals surface area contributed by atoms with Crippen molar-refractivity contribution in [3.8, 4) is 27.6 Å². The molecule has 0 N–H and O–H groups in total. The lowest BCUT2D eigenvalue weighted by atomic mass is 9.89. The fourth-order valence-electron chi connectivity index (χ4n) is 5.72. The van der Waals surface area contributed by atoms with Crippen LogP contribution in [0.2, 0.25) is 10.0 Å². The highest BCUT2D eigenvalue weighted by Gasteiger charge is 2.42. The van der Waals surface area contributed by atoms with Crippen LogP contribution in [-0.4, -0.2) is 20.0 Å². The molecule has 0 saturated heterocycles. The van der Waals surface area contributed by atoms with E-state index in [0.717, 1.165) is 55.9 Å². The summed E-state index contributed by atoms with van der Waals surface area (Å²) in [6, 6.07) is 13.8. The summed E-state index contributed by atoms with van der Waals surface area (Å²) < 4.78 is 2.97. The minimum atomic E-state index is 0.558. The monoisotopic (exact) mass is 572 g/mol. The molecule has 8 heteroatoms. The summed E-state index contributed by atoms with van der Waals surface area (Å²) in [6.45, 7) is 2.16. The number of fused-ring (bicyclic) bond motifs is 2. The van der Waals surface area contributed by atoms with Crippen LogP contribution in [0.3, 0.4) is 0 Å². The number of hydrogen-bond acceptors (Lipinski definition) is 4. The molecule has 2 aliphatic rings. The van der Waals surface area contributed by atoms with Gasteiger partial charge in [-0.2, -0.15) is 5.10 Å².